The van der Waals surface area contributed by atoms with Crippen LogP contribution < -0.4 is 0 Å². The molecule has 0 fully saturated rings. The van der Waals surface area contributed by atoms with E-state index in [-0.39, 0.29) is 16.8 Å². The van der Waals surface area contributed by atoms with Gasteiger partial charge < -0.3 is 9.72 Å². The van der Waals surface area contributed by atoms with Gasteiger partial charge in [0, 0.05) is 5.56 Å². The van der Waals surface area contributed by atoms with Gasteiger partial charge in [-0.1, -0.05) is 45.9 Å². The highest BCUT2D eigenvalue weighted by atomic mass is 16.5. The average Bonchev–Trinajstić information content (AvgIpc) is 3.09. The van der Waals surface area contributed by atoms with E-state index in [1.165, 1.54) is 31.1 Å². The number of benzene rings is 2. The Morgan fingerprint density at radius 3 is 2.44 bits per heavy atom. The molecule has 27 heavy (non-hydrogen) atoms. The van der Waals surface area contributed by atoms with Crippen molar-refractivity contribution in [3.63, 3.8) is 0 Å². The molecule has 0 amide bonds. The molecule has 0 saturated carbocycles. The number of ether oxygens (including phenoxy) is 1. The van der Waals surface area contributed by atoms with Crippen molar-refractivity contribution >= 4 is 17.0 Å². The number of carbonyl (C=O) groups excluding carboxylic acids is 1. The van der Waals surface area contributed by atoms with E-state index in [1.807, 2.05) is 12.1 Å². The van der Waals surface area contributed by atoms with Gasteiger partial charge in [-0.2, -0.15) is 0 Å². The van der Waals surface area contributed by atoms with Gasteiger partial charge in [0.15, 0.2) is 0 Å². The number of methoxy groups -OCH3 is 1. The summed E-state index contributed by atoms with van der Waals surface area (Å²) in [5.41, 5.74) is 6.17. The predicted molar refractivity (Wildman–Crippen MR) is 108 cm³/mol. The number of nitrogens with zero attached hydrogens (tertiary/aromatic N) is 1. The summed E-state index contributed by atoms with van der Waals surface area (Å²) in [7, 11) is 1.39. The van der Waals surface area contributed by atoms with E-state index in [1.54, 1.807) is 6.07 Å². The molecule has 4 heteroatoms. The Bertz CT molecular complexity index is 1040. The zero-order valence-electron chi connectivity index (χ0n) is 16.6. The Balaban J connectivity index is 1.87. The van der Waals surface area contributed by atoms with Gasteiger partial charge in [0.25, 0.3) is 0 Å². The summed E-state index contributed by atoms with van der Waals surface area (Å²) in [6, 6.07) is 12.2. The first kappa shape index (κ1) is 17.8. The summed E-state index contributed by atoms with van der Waals surface area (Å²) < 4.78 is 4.89. The summed E-state index contributed by atoms with van der Waals surface area (Å²) in [6.07, 6.45) is 2.36. The van der Waals surface area contributed by atoms with Crippen LogP contribution in [0.4, 0.5) is 0 Å². The van der Waals surface area contributed by atoms with Gasteiger partial charge in [-0.05, 0) is 53.0 Å². The van der Waals surface area contributed by atoms with Gasteiger partial charge >= 0.3 is 5.97 Å². The van der Waals surface area contributed by atoms with Gasteiger partial charge in [0.1, 0.15) is 11.3 Å². The zero-order valence-corrected chi connectivity index (χ0v) is 16.6. The monoisotopic (exact) mass is 362 g/mol. The number of para-hydroxylation sites is 1. The van der Waals surface area contributed by atoms with Crippen LogP contribution in [0, 0.1) is 0 Å². The van der Waals surface area contributed by atoms with Crippen LogP contribution in [0.3, 0.4) is 0 Å². The average molecular weight is 362 g/mol. The maximum Gasteiger partial charge on any atom is 0.340 e. The van der Waals surface area contributed by atoms with Crippen molar-refractivity contribution < 1.29 is 9.53 Å². The van der Waals surface area contributed by atoms with E-state index < -0.39 is 0 Å². The van der Waals surface area contributed by atoms with Crippen LogP contribution in [-0.2, 0) is 15.6 Å². The van der Waals surface area contributed by atoms with Gasteiger partial charge in [0.2, 0.25) is 0 Å². The Labute approximate surface area is 160 Å². The number of fused-ring (bicyclic) bond motifs is 2. The number of carbonyl (C=O) groups is 1. The number of nitrogens with one attached hydrogen (secondary N) is 1. The van der Waals surface area contributed by atoms with Crippen molar-refractivity contribution in [3.05, 3.63) is 53.1 Å². The van der Waals surface area contributed by atoms with Gasteiger partial charge in [-0.25, -0.2) is 9.78 Å². The number of aromatic nitrogens is 2. The largest absolute Gasteiger partial charge is 0.465 e. The number of hydrogen-bond donors (Lipinski definition) is 1. The zero-order chi connectivity index (χ0) is 19.4. The van der Waals surface area contributed by atoms with Crippen molar-refractivity contribution in [1.82, 2.24) is 9.97 Å². The van der Waals surface area contributed by atoms with E-state index in [2.05, 4.69) is 50.9 Å². The first-order chi connectivity index (χ1) is 12.7. The van der Waals surface area contributed by atoms with Crippen molar-refractivity contribution in [2.75, 3.05) is 7.11 Å². The highest BCUT2D eigenvalue weighted by molar-refractivity contribution is 6.02. The first-order valence-electron chi connectivity index (χ1n) is 9.45. The van der Waals surface area contributed by atoms with Gasteiger partial charge in [-0.3, -0.25) is 0 Å². The fourth-order valence-electron chi connectivity index (χ4n) is 4.18. The number of hydrogen-bond acceptors (Lipinski definition) is 3. The summed E-state index contributed by atoms with van der Waals surface area (Å²) in [6.45, 7) is 9.28. The molecule has 1 heterocycles. The molecule has 0 saturated heterocycles. The minimum absolute atomic E-state index is 0.143. The number of aromatic amines is 1. The lowest BCUT2D eigenvalue weighted by Crippen LogP contribution is -2.33. The fourth-order valence-corrected chi connectivity index (χ4v) is 4.18. The number of esters is 1. The summed E-state index contributed by atoms with van der Waals surface area (Å²) in [4.78, 5) is 20.1. The molecule has 1 aromatic heterocycles. The van der Waals surface area contributed by atoms with E-state index in [0.717, 1.165) is 16.9 Å². The maximum atomic E-state index is 12.0. The van der Waals surface area contributed by atoms with Crippen LogP contribution in [-0.4, -0.2) is 23.0 Å². The van der Waals surface area contributed by atoms with Gasteiger partial charge in [-0.15, -0.1) is 0 Å². The lowest BCUT2D eigenvalue weighted by Gasteiger charge is -2.42. The molecule has 2 aromatic carbocycles. The van der Waals surface area contributed by atoms with E-state index in [0.29, 0.717) is 11.1 Å². The third-order valence-electron chi connectivity index (χ3n) is 6.04. The summed E-state index contributed by atoms with van der Waals surface area (Å²) >= 11 is 0. The Kier molecular flexibility index (Phi) is 3.91. The molecule has 0 radical (unpaired) electrons. The van der Waals surface area contributed by atoms with Crippen molar-refractivity contribution in [3.8, 4) is 11.4 Å². The van der Waals surface area contributed by atoms with E-state index in [9.17, 15) is 4.79 Å². The lowest BCUT2D eigenvalue weighted by atomic mass is 9.63. The molecule has 1 aliphatic rings. The van der Waals surface area contributed by atoms with Crippen LogP contribution >= 0.6 is 0 Å². The quantitative estimate of drug-likeness (QED) is 0.624. The summed E-state index contributed by atoms with van der Waals surface area (Å²) in [5.74, 6) is 0.412. The van der Waals surface area contributed by atoms with E-state index in [4.69, 9.17) is 9.72 Å². The highest BCUT2D eigenvalue weighted by Gasteiger charge is 2.37. The molecular weight excluding hydrogens is 336 g/mol. The van der Waals surface area contributed by atoms with Gasteiger partial charge in [0.05, 0.1) is 18.2 Å². The van der Waals surface area contributed by atoms with Crippen molar-refractivity contribution in [2.24, 2.45) is 0 Å². The normalized spacial score (nSPS) is 17.5. The molecule has 3 aromatic rings. The molecule has 1 N–H and O–H groups in total. The molecule has 1 aliphatic carbocycles. The Morgan fingerprint density at radius 2 is 1.74 bits per heavy atom. The fraction of sp³-hybridized carbons (Fsp3) is 0.391. The van der Waals surface area contributed by atoms with E-state index >= 15 is 0 Å². The third-order valence-corrected chi connectivity index (χ3v) is 6.04. The number of H-pyrrole nitrogens is 1. The topological polar surface area (TPSA) is 55.0 Å². The highest BCUT2D eigenvalue weighted by Crippen LogP contribution is 2.46. The van der Waals surface area contributed by atoms with Crippen molar-refractivity contribution in [2.45, 2.75) is 51.4 Å². The molecule has 4 nitrogen and oxygen atoms in total. The molecule has 0 aliphatic heterocycles. The van der Waals surface area contributed by atoms with Crippen LogP contribution in [0.1, 0.15) is 62.0 Å². The molecule has 4 rings (SSSR count). The lowest BCUT2D eigenvalue weighted by molar-refractivity contribution is 0.0603. The maximum absolute atomic E-state index is 12.0. The minimum Gasteiger partial charge on any atom is -0.465 e. The molecule has 0 atom stereocenters. The van der Waals surface area contributed by atoms with Crippen LogP contribution in [0.25, 0.3) is 22.4 Å². The predicted octanol–water partition coefficient (Wildman–Crippen LogP) is 5.37. The number of rotatable bonds is 2. The second-order valence-electron chi connectivity index (χ2n) is 8.81. The SMILES string of the molecule is COC(=O)c1cccc2[nH]c(-c3ccc4c(c3)C(C)(C)CCC4(C)C)nc12. The van der Waals surface area contributed by atoms with Crippen LogP contribution in [0.5, 0.6) is 0 Å². The molecule has 0 bridgehead atoms. The minimum atomic E-state index is -0.369. The van der Waals surface area contributed by atoms with Crippen molar-refractivity contribution in [1.29, 1.82) is 0 Å². The summed E-state index contributed by atoms with van der Waals surface area (Å²) in [5, 5.41) is 0. The Hall–Kier alpha value is -2.62. The van der Waals surface area contributed by atoms with Crippen LogP contribution in [0.2, 0.25) is 0 Å². The Morgan fingerprint density at radius 1 is 1.04 bits per heavy atom. The third kappa shape index (κ3) is 2.84. The molecule has 140 valence electrons. The molecular formula is C23H26N2O2. The smallest absolute Gasteiger partial charge is 0.340 e. The van der Waals surface area contributed by atoms with Crippen LogP contribution in [0.15, 0.2) is 36.4 Å². The molecule has 0 spiro atoms. The second kappa shape index (κ2) is 5.95. The second-order valence-corrected chi connectivity index (χ2v) is 8.81. The molecule has 0 unspecified atom stereocenters. The number of imidazole rings is 1. The standard InChI is InChI=1S/C23H26N2O2/c1-22(2)11-12-23(3,4)17-13-14(9-10-16(17)22)20-24-18-8-6-7-15(19(18)25-20)21(26)27-5/h6-10,13H,11-12H2,1-5H3,(H,24,25). The first-order valence-corrected chi connectivity index (χ1v) is 9.45.